The molecule has 0 aliphatic carbocycles. The molecule has 0 spiro atoms. The van der Waals surface area contributed by atoms with Gasteiger partial charge in [-0.1, -0.05) is 44.5 Å². The zero-order valence-corrected chi connectivity index (χ0v) is 11.7. The summed E-state index contributed by atoms with van der Waals surface area (Å²) in [4.78, 5) is 0. The topological polar surface area (TPSA) is 21.3 Å². The first-order valence-electron chi connectivity index (χ1n) is 6.37. The molecule has 96 valence electrons. The van der Waals surface area contributed by atoms with Crippen molar-refractivity contribution in [1.82, 2.24) is 5.32 Å². The molecule has 0 heterocycles. The predicted octanol–water partition coefficient (Wildman–Crippen LogP) is 4.02. The summed E-state index contributed by atoms with van der Waals surface area (Å²) >= 11 is 6.21. The van der Waals surface area contributed by atoms with Crippen LogP contribution in [0.3, 0.4) is 0 Å². The van der Waals surface area contributed by atoms with Crippen LogP contribution in [-0.4, -0.2) is 12.6 Å². The lowest BCUT2D eigenvalue weighted by Crippen LogP contribution is -2.17. The van der Waals surface area contributed by atoms with Gasteiger partial charge < -0.3 is 10.1 Å². The SMILES string of the molecule is CCNCc1cccc(Cl)c1OC(CC)CC. The number of halogens is 1. The minimum atomic E-state index is 0.246. The van der Waals surface area contributed by atoms with E-state index in [2.05, 4.69) is 32.2 Å². The van der Waals surface area contributed by atoms with Crippen molar-refractivity contribution in [3.05, 3.63) is 28.8 Å². The van der Waals surface area contributed by atoms with Gasteiger partial charge in [0.25, 0.3) is 0 Å². The summed E-state index contributed by atoms with van der Waals surface area (Å²) in [6, 6.07) is 5.91. The van der Waals surface area contributed by atoms with Crippen LogP contribution in [-0.2, 0) is 6.54 Å². The Morgan fingerprint density at radius 3 is 2.53 bits per heavy atom. The van der Waals surface area contributed by atoms with Gasteiger partial charge in [0.2, 0.25) is 0 Å². The van der Waals surface area contributed by atoms with Gasteiger partial charge in [-0.05, 0) is 25.5 Å². The third-order valence-electron chi connectivity index (χ3n) is 2.81. The lowest BCUT2D eigenvalue weighted by atomic mass is 10.1. The summed E-state index contributed by atoms with van der Waals surface area (Å²) in [7, 11) is 0. The molecule has 0 aromatic heterocycles. The Bertz CT molecular complexity index is 337. The van der Waals surface area contributed by atoms with Gasteiger partial charge in [0.05, 0.1) is 11.1 Å². The third kappa shape index (κ3) is 4.21. The van der Waals surface area contributed by atoms with Crippen LogP contribution < -0.4 is 10.1 Å². The largest absolute Gasteiger partial charge is 0.489 e. The van der Waals surface area contributed by atoms with Crippen LogP contribution >= 0.6 is 11.6 Å². The maximum atomic E-state index is 6.21. The summed E-state index contributed by atoms with van der Waals surface area (Å²) < 4.78 is 6.00. The van der Waals surface area contributed by atoms with Gasteiger partial charge in [-0.25, -0.2) is 0 Å². The number of hydrogen-bond donors (Lipinski definition) is 1. The second-order valence-electron chi connectivity index (χ2n) is 4.06. The summed E-state index contributed by atoms with van der Waals surface area (Å²) in [5.74, 6) is 0.837. The fourth-order valence-electron chi connectivity index (χ4n) is 1.71. The molecule has 0 atom stereocenters. The van der Waals surface area contributed by atoms with E-state index in [1.807, 2.05) is 12.1 Å². The summed E-state index contributed by atoms with van der Waals surface area (Å²) in [6.07, 6.45) is 2.25. The Morgan fingerprint density at radius 2 is 1.94 bits per heavy atom. The van der Waals surface area contributed by atoms with E-state index in [1.165, 1.54) is 0 Å². The van der Waals surface area contributed by atoms with Gasteiger partial charge in [-0.15, -0.1) is 0 Å². The minimum Gasteiger partial charge on any atom is -0.489 e. The van der Waals surface area contributed by atoms with Crippen molar-refractivity contribution in [2.24, 2.45) is 0 Å². The molecule has 1 aromatic rings. The Kier molecular flexibility index (Phi) is 6.38. The highest BCUT2D eigenvalue weighted by atomic mass is 35.5. The average molecular weight is 256 g/mol. The lowest BCUT2D eigenvalue weighted by molar-refractivity contribution is 0.191. The molecule has 0 aliphatic heterocycles. The predicted molar refractivity (Wildman–Crippen MR) is 73.8 cm³/mol. The van der Waals surface area contributed by atoms with Gasteiger partial charge >= 0.3 is 0 Å². The monoisotopic (exact) mass is 255 g/mol. The number of ether oxygens (including phenoxy) is 1. The van der Waals surface area contributed by atoms with E-state index in [4.69, 9.17) is 16.3 Å². The van der Waals surface area contributed by atoms with Crippen LogP contribution in [0.5, 0.6) is 5.75 Å². The number of rotatable bonds is 7. The Morgan fingerprint density at radius 1 is 1.24 bits per heavy atom. The van der Waals surface area contributed by atoms with Gasteiger partial charge in [0.1, 0.15) is 5.75 Å². The Labute approximate surface area is 109 Å². The third-order valence-corrected chi connectivity index (χ3v) is 3.11. The molecular formula is C14H22ClNO. The highest BCUT2D eigenvalue weighted by molar-refractivity contribution is 6.32. The number of hydrogen-bond acceptors (Lipinski definition) is 2. The first-order valence-corrected chi connectivity index (χ1v) is 6.75. The molecule has 0 saturated heterocycles. The summed E-state index contributed by atoms with van der Waals surface area (Å²) in [6.45, 7) is 8.10. The van der Waals surface area contributed by atoms with Crippen molar-refractivity contribution in [3.63, 3.8) is 0 Å². The average Bonchev–Trinajstić information content (AvgIpc) is 2.35. The Hall–Kier alpha value is -0.730. The zero-order chi connectivity index (χ0) is 12.7. The molecule has 0 aliphatic rings. The smallest absolute Gasteiger partial charge is 0.142 e. The van der Waals surface area contributed by atoms with Crippen LogP contribution in [0.4, 0.5) is 0 Å². The summed E-state index contributed by atoms with van der Waals surface area (Å²) in [5.41, 5.74) is 1.13. The molecule has 0 fully saturated rings. The van der Waals surface area contributed by atoms with Crippen molar-refractivity contribution < 1.29 is 4.74 Å². The Balaban J connectivity index is 2.86. The normalized spacial score (nSPS) is 10.9. The van der Waals surface area contributed by atoms with E-state index >= 15 is 0 Å². The number of benzene rings is 1. The quantitative estimate of drug-likeness (QED) is 0.795. The maximum Gasteiger partial charge on any atom is 0.142 e. The van der Waals surface area contributed by atoms with Crippen LogP contribution in [0.2, 0.25) is 5.02 Å². The summed E-state index contributed by atoms with van der Waals surface area (Å²) in [5, 5.41) is 4.00. The van der Waals surface area contributed by atoms with Crippen LogP contribution in [0.25, 0.3) is 0 Å². The molecule has 1 rings (SSSR count). The van der Waals surface area contributed by atoms with E-state index in [0.29, 0.717) is 5.02 Å². The van der Waals surface area contributed by atoms with E-state index in [0.717, 1.165) is 37.2 Å². The zero-order valence-electron chi connectivity index (χ0n) is 10.9. The van der Waals surface area contributed by atoms with Crippen molar-refractivity contribution in [3.8, 4) is 5.75 Å². The second-order valence-corrected chi connectivity index (χ2v) is 4.47. The van der Waals surface area contributed by atoms with E-state index in [-0.39, 0.29) is 6.10 Å². The van der Waals surface area contributed by atoms with Crippen LogP contribution in [0, 0.1) is 0 Å². The molecule has 0 saturated carbocycles. The van der Waals surface area contributed by atoms with Gasteiger partial charge in [0, 0.05) is 12.1 Å². The van der Waals surface area contributed by atoms with Gasteiger partial charge in [0.15, 0.2) is 0 Å². The van der Waals surface area contributed by atoms with Crippen molar-refractivity contribution in [1.29, 1.82) is 0 Å². The van der Waals surface area contributed by atoms with Gasteiger partial charge in [-0.2, -0.15) is 0 Å². The molecule has 17 heavy (non-hydrogen) atoms. The molecule has 1 aromatic carbocycles. The highest BCUT2D eigenvalue weighted by Crippen LogP contribution is 2.30. The lowest BCUT2D eigenvalue weighted by Gasteiger charge is -2.19. The van der Waals surface area contributed by atoms with Crippen molar-refractivity contribution in [2.45, 2.75) is 46.3 Å². The molecule has 3 heteroatoms. The van der Waals surface area contributed by atoms with E-state index < -0.39 is 0 Å². The number of para-hydroxylation sites is 1. The first-order chi connectivity index (χ1) is 8.22. The molecule has 2 nitrogen and oxygen atoms in total. The van der Waals surface area contributed by atoms with Crippen molar-refractivity contribution >= 4 is 11.6 Å². The number of nitrogens with one attached hydrogen (secondary N) is 1. The van der Waals surface area contributed by atoms with E-state index in [9.17, 15) is 0 Å². The highest BCUT2D eigenvalue weighted by Gasteiger charge is 2.12. The second kappa shape index (κ2) is 7.57. The molecule has 0 unspecified atom stereocenters. The molecule has 0 radical (unpaired) electrons. The van der Waals surface area contributed by atoms with Gasteiger partial charge in [-0.3, -0.25) is 0 Å². The maximum absolute atomic E-state index is 6.21. The van der Waals surface area contributed by atoms with Crippen molar-refractivity contribution in [2.75, 3.05) is 6.54 Å². The molecule has 0 amide bonds. The molecule has 0 bridgehead atoms. The first kappa shape index (κ1) is 14.3. The molecule has 1 N–H and O–H groups in total. The van der Waals surface area contributed by atoms with E-state index in [1.54, 1.807) is 0 Å². The van der Waals surface area contributed by atoms with Crippen LogP contribution in [0.15, 0.2) is 18.2 Å². The fraction of sp³-hybridized carbons (Fsp3) is 0.571. The van der Waals surface area contributed by atoms with Crippen LogP contribution in [0.1, 0.15) is 39.2 Å². The fourth-order valence-corrected chi connectivity index (χ4v) is 1.95. The standard InChI is InChI=1S/C14H22ClNO/c1-4-12(5-2)17-14-11(10-16-6-3)8-7-9-13(14)15/h7-9,12,16H,4-6,10H2,1-3H3. The minimum absolute atomic E-state index is 0.246. The molecular weight excluding hydrogens is 234 g/mol.